The predicted molar refractivity (Wildman–Crippen MR) is 114 cm³/mol. The Labute approximate surface area is 173 Å². The van der Waals surface area contributed by atoms with Crippen LogP contribution in [-0.2, 0) is 4.74 Å². The number of hydrogen-bond acceptors (Lipinski definition) is 4. The quantitative estimate of drug-likeness (QED) is 0.729. The first kappa shape index (κ1) is 19.8. The second-order valence-corrected chi connectivity index (χ2v) is 8.29. The van der Waals surface area contributed by atoms with Crippen LogP contribution in [0.1, 0.15) is 55.2 Å². The van der Waals surface area contributed by atoms with Crippen molar-refractivity contribution in [1.29, 1.82) is 0 Å². The molecule has 1 N–H and O–H groups in total. The van der Waals surface area contributed by atoms with Gasteiger partial charge in [-0.1, -0.05) is 38.1 Å². The zero-order valence-electron chi connectivity index (χ0n) is 17.3. The standard InChI is InChI=1S/C24H30N2O3/c1-17(2)13-15-29-19-11-9-18(10-12-19)23-25-22-8-4-3-7-21(22)24(27)26(23)16-20-6-5-14-28-20/h3-4,7-12,17,20,23,25H,5-6,13-16H2,1-2H3. The Morgan fingerprint density at radius 2 is 1.97 bits per heavy atom. The van der Waals surface area contributed by atoms with E-state index >= 15 is 0 Å². The topological polar surface area (TPSA) is 50.8 Å². The average Bonchev–Trinajstić information content (AvgIpc) is 3.24. The third kappa shape index (κ3) is 4.56. The minimum absolute atomic E-state index is 0.0529. The van der Waals surface area contributed by atoms with E-state index in [2.05, 4.69) is 19.2 Å². The first-order valence-electron chi connectivity index (χ1n) is 10.6. The first-order valence-corrected chi connectivity index (χ1v) is 10.6. The maximum absolute atomic E-state index is 13.3. The summed E-state index contributed by atoms with van der Waals surface area (Å²) < 4.78 is 11.7. The van der Waals surface area contributed by atoms with Crippen molar-refractivity contribution in [2.75, 3.05) is 25.1 Å². The molecule has 4 rings (SSSR count). The number of carbonyl (C=O) groups is 1. The molecule has 0 aromatic heterocycles. The predicted octanol–water partition coefficient (Wildman–Crippen LogP) is 4.86. The van der Waals surface area contributed by atoms with E-state index in [4.69, 9.17) is 9.47 Å². The van der Waals surface area contributed by atoms with Gasteiger partial charge in [-0.15, -0.1) is 0 Å². The van der Waals surface area contributed by atoms with Crippen molar-refractivity contribution in [1.82, 2.24) is 4.90 Å². The summed E-state index contributed by atoms with van der Waals surface area (Å²) in [5.74, 6) is 1.54. The van der Waals surface area contributed by atoms with Crippen LogP contribution in [0.15, 0.2) is 48.5 Å². The minimum Gasteiger partial charge on any atom is -0.494 e. The molecule has 1 fully saturated rings. The molecule has 0 spiro atoms. The third-order valence-corrected chi connectivity index (χ3v) is 5.61. The smallest absolute Gasteiger partial charge is 0.257 e. The van der Waals surface area contributed by atoms with Gasteiger partial charge in [0.25, 0.3) is 5.91 Å². The van der Waals surface area contributed by atoms with Crippen LogP contribution in [0, 0.1) is 5.92 Å². The molecule has 29 heavy (non-hydrogen) atoms. The molecular formula is C24H30N2O3. The van der Waals surface area contributed by atoms with Gasteiger partial charge in [-0.2, -0.15) is 0 Å². The molecule has 0 bridgehead atoms. The lowest BCUT2D eigenvalue weighted by molar-refractivity contribution is 0.0427. The molecule has 2 aliphatic rings. The van der Waals surface area contributed by atoms with Crippen molar-refractivity contribution in [2.45, 2.75) is 45.4 Å². The maximum Gasteiger partial charge on any atom is 0.257 e. The summed E-state index contributed by atoms with van der Waals surface area (Å²) in [6, 6.07) is 15.8. The Balaban J connectivity index is 1.55. The zero-order valence-corrected chi connectivity index (χ0v) is 17.3. The summed E-state index contributed by atoms with van der Waals surface area (Å²) in [7, 11) is 0. The molecule has 2 atom stereocenters. The molecule has 2 unspecified atom stereocenters. The van der Waals surface area contributed by atoms with E-state index in [0.717, 1.165) is 55.0 Å². The van der Waals surface area contributed by atoms with Crippen LogP contribution >= 0.6 is 0 Å². The van der Waals surface area contributed by atoms with Crippen molar-refractivity contribution < 1.29 is 14.3 Å². The lowest BCUT2D eigenvalue weighted by Crippen LogP contribution is -2.46. The number of para-hydroxylation sites is 1. The number of nitrogens with one attached hydrogen (secondary N) is 1. The molecule has 2 heterocycles. The van der Waals surface area contributed by atoms with E-state index in [1.54, 1.807) is 0 Å². The van der Waals surface area contributed by atoms with Gasteiger partial charge in [0.15, 0.2) is 0 Å². The van der Waals surface area contributed by atoms with E-state index in [-0.39, 0.29) is 18.2 Å². The fourth-order valence-corrected chi connectivity index (χ4v) is 3.91. The Hall–Kier alpha value is -2.53. The molecule has 2 aliphatic heterocycles. The van der Waals surface area contributed by atoms with Crippen molar-refractivity contribution in [2.24, 2.45) is 5.92 Å². The molecule has 2 aromatic carbocycles. The lowest BCUT2D eigenvalue weighted by Gasteiger charge is -2.39. The fourth-order valence-electron chi connectivity index (χ4n) is 3.91. The molecule has 154 valence electrons. The largest absolute Gasteiger partial charge is 0.494 e. The van der Waals surface area contributed by atoms with Crippen LogP contribution in [0.5, 0.6) is 5.75 Å². The second kappa shape index (κ2) is 8.87. The van der Waals surface area contributed by atoms with Gasteiger partial charge in [-0.25, -0.2) is 0 Å². The van der Waals surface area contributed by atoms with E-state index in [1.165, 1.54) is 0 Å². The van der Waals surface area contributed by atoms with E-state index in [1.807, 2.05) is 53.4 Å². The summed E-state index contributed by atoms with van der Waals surface area (Å²) in [4.78, 5) is 15.2. The van der Waals surface area contributed by atoms with E-state index in [9.17, 15) is 4.79 Å². The summed E-state index contributed by atoms with van der Waals surface area (Å²) in [6.07, 6.45) is 2.98. The number of amides is 1. The van der Waals surface area contributed by atoms with Crippen LogP contribution in [0.25, 0.3) is 0 Å². The molecular weight excluding hydrogens is 364 g/mol. The summed E-state index contributed by atoms with van der Waals surface area (Å²) in [5, 5.41) is 3.55. The Bertz CT molecular complexity index is 828. The highest BCUT2D eigenvalue weighted by molar-refractivity contribution is 6.01. The average molecular weight is 395 g/mol. The van der Waals surface area contributed by atoms with Crippen molar-refractivity contribution in [3.8, 4) is 5.75 Å². The molecule has 1 saturated heterocycles. The number of benzene rings is 2. The highest BCUT2D eigenvalue weighted by Crippen LogP contribution is 2.34. The number of anilines is 1. The van der Waals surface area contributed by atoms with Crippen LogP contribution in [0.4, 0.5) is 5.69 Å². The van der Waals surface area contributed by atoms with E-state index in [0.29, 0.717) is 12.5 Å². The van der Waals surface area contributed by atoms with Gasteiger partial charge in [-0.05, 0) is 55.0 Å². The summed E-state index contributed by atoms with van der Waals surface area (Å²) in [5.41, 5.74) is 2.64. The van der Waals surface area contributed by atoms with Crippen molar-refractivity contribution in [3.63, 3.8) is 0 Å². The Morgan fingerprint density at radius 1 is 1.17 bits per heavy atom. The maximum atomic E-state index is 13.3. The molecule has 5 heteroatoms. The number of ether oxygens (including phenoxy) is 2. The van der Waals surface area contributed by atoms with Crippen LogP contribution in [0.2, 0.25) is 0 Å². The molecule has 1 amide bonds. The zero-order chi connectivity index (χ0) is 20.2. The number of hydrogen-bond donors (Lipinski definition) is 1. The molecule has 0 radical (unpaired) electrons. The van der Waals surface area contributed by atoms with Crippen molar-refractivity contribution in [3.05, 3.63) is 59.7 Å². The summed E-state index contributed by atoms with van der Waals surface area (Å²) in [6.45, 7) is 6.48. The van der Waals surface area contributed by atoms with Crippen molar-refractivity contribution >= 4 is 11.6 Å². The number of fused-ring (bicyclic) bond motifs is 1. The number of rotatable bonds is 7. The number of carbonyl (C=O) groups excluding carboxylic acids is 1. The summed E-state index contributed by atoms with van der Waals surface area (Å²) >= 11 is 0. The first-order chi connectivity index (χ1) is 14.1. The normalized spacial score (nSPS) is 21.2. The lowest BCUT2D eigenvalue weighted by atomic mass is 10.0. The Kier molecular flexibility index (Phi) is 6.05. The van der Waals surface area contributed by atoms with Gasteiger partial charge in [0.05, 0.1) is 18.3 Å². The molecule has 0 aliphatic carbocycles. The van der Waals surface area contributed by atoms with Gasteiger partial charge >= 0.3 is 0 Å². The van der Waals surface area contributed by atoms with E-state index < -0.39 is 0 Å². The monoisotopic (exact) mass is 394 g/mol. The van der Waals surface area contributed by atoms with Crippen LogP contribution in [-0.4, -0.2) is 36.7 Å². The molecule has 0 saturated carbocycles. The highest BCUT2D eigenvalue weighted by atomic mass is 16.5. The molecule has 5 nitrogen and oxygen atoms in total. The second-order valence-electron chi connectivity index (χ2n) is 8.29. The SMILES string of the molecule is CC(C)CCOc1ccc(C2Nc3ccccc3C(=O)N2CC2CCCO2)cc1. The highest BCUT2D eigenvalue weighted by Gasteiger charge is 2.35. The van der Waals surface area contributed by atoms with Crippen LogP contribution in [0.3, 0.4) is 0 Å². The van der Waals surface area contributed by atoms with Gasteiger partial charge in [0.1, 0.15) is 11.9 Å². The van der Waals surface area contributed by atoms with Gasteiger partial charge < -0.3 is 19.7 Å². The molecule has 2 aromatic rings. The fraction of sp³-hybridized carbons (Fsp3) is 0.458. The van der Waals surface area contributed by atoms with Gasteiger partial charge in [-0.3, -0.25) is 4.79 Å². The third-order valence-electron chi connectivity index (χ3n) is 5.61. The Morgan fingerprint density at radius 3 is 2.69 bits per heavy atom. The van der Waals surface area contributed by atoms with Gasteiger partial charge in [0, 0.05) is 18.8 Å². The van der Waals surface area contributed by atoms with Gasteiger partial charge in [0.2, 0.25) is 0 Å². The number of nitrogens with zero attached hydrogens (tertiary/aromatic N) is 1. The minimum atomic E-state index is -0.216. The van der Waals surface area contributed by atoms with Crippen LogP contribution < -0.4 is 10.1 Å².